The van der Waals surface area contributed by atoms with Gasteiger partial charge in [0.2, 0.25) is 9.84 Å². The molecule has 0 aliphatic rings. The summed E-state index contributed by atoms with van der Waals surface area (Å²) in [6.07, 6.45) is 1.03. The SMILES string of the molecule is Cc1ccc(S(=O)(=O)/C(C#N)=C/NC(=S)Nc2cc(Cl)ccc2Cl)cc1. The summed E-state index contributed by atoms with van der Waals surface area (Å²) in [7, 11) is -3.95. The van der Waals surface area contributed by atoms with Crippen LogP contribution >= 0.6 is 35.4 Å². The van der Waals surface area contributed by atoms with E-state index >= 15 is 0 Å². The monoisotopic (exact) mass is 425 g/mol. The van der Waals surface area contributed by atoms with Crippen LogP contribution in [0.5, 0.6) is 0 Å². The van der Waals surface area contributed by atoms with Crippen molar-refractivity contribution in [3.8, 4) is 6.07 Å². The molecule has 0 unspecified atom stereocenters. The Balaban J connectivity index is 2.18. The van der Waals surface area contributed by atoms with E-state index in [-0.39, 0.29) is 10.0 Å². The Bertz CT molecular complexity index is 1010. The first-order valence-corrected chi connectivity index (χ1v) is 9.83. The van der Waals surface area contributed by atoms with Crippen molar-refractivity contribution in [2.45, 2.75) is 11.8 Å². The lowest BCUT2D eigenvalue weighted by Gasteiger charge is -2.10. The van der Waals surface area contributed by atoms with E-state index in [4.69, 9.17) is 35.4 Å². The molecule has 0 aliphatic heterocycles. The van der Waals surface area contributed by atoms with Gasteiger partial charge in [-0.2, -0.15) is 5.26 Å². The number of anilines is 1. The zero-order valence-electron chi connectivity index (χ0n) is 13.5. The van der Waals surface area contributed by atoms with Gasteiger partial charge >= 0.3 is 0 Å². The van der Waals surface area contributed by atoms with Gasteiger partial charge in [-0.25, -0.2) is 8.42 Å². The number of benzene rings is 2. The number of thiocarbonyl (C=S) groups is 1. The van der Waals surface area contributed by atoms with Crippen molar-refractivity contribution in [2.75, 3.05) is 5.32 Å². The van der Waals surface area contributed by atoms with Crippen LogP contribution in [0.1, 0.15) is 5.56 Å². The molecular formula is C17H13Cl2N3O2S2. The number of nitriles is 1. The molecule has 0 bridgehead atoms. The molecule has 0 atom stereocenters. The standard InChI is InChI=1S/C17H13Cl2N3O2S2/c1-11-2-5-13(6-3-11)26(23,24)14(9-20)10-21-17(25)22-16-8-12(18)4-7-15(16)19/h2-8,10H,1H3,(H2,21,22,25)/b14-10+. The predicted molar refractivity (Wildman–Crippen MR) is 108 cm³/mol. The molecule has 2 aromatic carbocycles. The molecule has 134 valence electrons. The maximum absolute atomic E-state index is 12.5. The summed E-state index contributed by atoms with van der Waals surface area (Å²) in [5.74, 6) is 0. The van der Waals surface area contributed by atoms with Crippen LogP contribution in [0.15, 0.2) is 58.5 Å². The minimum absolute atomic E-state index is 0.0227. The van der Waals surface area contributed by atoms with Gasteiger partial charge in [0.05, 0.1) is 15.6 Å². The topological polar surface area (TPSA) is 82.0 Å². The zero-order chi connectivity index (χ0) is 19.3. The molecule has 0 aromatic heterocycles. The summed E-state index contributed by atoms with van der Waals surface area (Å²) in [6.45, 7) is 1.84. The number of hydrogen-bond donors (Lipinski definition) is 2. The second kappa shape index (κ2) is 8.52. The largest absolute Gasteiger partial charge is 0.337 e. The molecule has 5 nitrogen and oxygen atoms in total. The molecule has 2 N–H and O–H groups in total. The highest BCUT2D eigenvalue weighted by Gasteiger charge is 2.20. The molecule has 0 heterocycles. The second-order valence-corrected chi connectivity index (χ2v) is 8.33. The van der Waals surface area contributed by atoms with Crippen molar-refractivity contribution in [3.05, 3.63) is 69.2 Å². The van der Waals surface area contributed by atoms with Crippen molar-refractivity contribution >= 4 is 56.1 Å². The number of nitrogens with one attached hydrogen (secondary N) is 2. The first-order valence-electron chi connectivity index (χ1n) is 7.18. The van der Waals surface area contributed by atoms with Gasteiger partial charge in [-0.3, -0.25) is 0 Å². The van der Waals surface area contributed by atoms with Gasteiger partial charge in [0, 0.05) is 11.2 Å². The van der Waals surface area contributed by atoms with Crippen LogP contribution in [0.3, 0.4) is 0 Å². The Labute approximate surface area is 167 Å². The van der Waals surface area contributed by atoms with Crippen LogP contribution < -0.4 is 10.6 Å². The Morgan fingerprint density at radius 3 is 2.46 bits per heavy atom. The predicted octanol–water partition coefficient (Wildman–Crippen LogP) is 4.43. The van der Waals surface area contributed by atoms with Gasteiger partial charge in [0.25, 0.3) is 0 Å². The first kappa shape index (κ1) is 20.2. The average molecular weight is 426 g/mol. The third-order valence-corrected chi connectivity index (χ3v) is 5.71. The van der Waals surface area contributed by atoms with Gasteiger partial charge < -0.3 is 10.6 Å². The third kappa shape index (κ3) is 4.96. The van der Waals surface area contributed by atoms with Crippen LogP contribution in [0, 0.1) is 18.3 Å². The molecule has 0 saturated heterocycles. The van der Waals surface area contributed by atoms with Crippen LogP contribution in [-0.2, 0) is 9.84 Å². The van der Waals surface area contributed by atoms with E-state index < -0.39 is 14.7 Å². The number of sulfone groups is 1. The van der Waals surface area contributed by atoms with E-state index in [0.29, 0.717) is 15.7 Å². The molecular weight excluding hydrogens is 413 g/mol. The van der Waals surface area contributed by atoms with Crippen LogP contribution in [0.4, 0.5) is 5.69 Å². The van der Waals surface area contributed by atoms with Crippen molar-refractivity contribution in [2.24, 2.45) is 0 Å². The number of halogens is 2. The summed E-state index contributed by atoms with van der Waals surface area (Å²) in [6, 6.07) is 12.6. The normalized spacial score (nSPS) is 11.5. The minimum atomic E-state index is -3.95. The smallest absolute Gasteiger partial charge is 0.218 e. The van der Waals surface area contributed by atoms with E-state index in [1.165, 1.54) is 12.1 Å². The number of aryl methyl sites for hydroxylation is 1. The lowest BCUT2D eigenvalue weighted by molar-refractivity contribution is 0.603. The van der Waals surface area contributed by atoms with Gasteiger partial charge in [-0.1, -0.05) is 40.9 Å². The van der Waals surface area contributed by atoms with Crippen molar-refractivity contribution < 1.29 is 8.42 Å². The van der Waals surface area contributed by atoms with Crippen molar-refractivity contribution in [3.63, 3.8) is 0 Å². The average Bonchev–Trinajstić information content (AvgIpc) is 2.59. The number of allylic oxidation sites excluding steroid dienone is 1. The number of rotatable bonds is 4. The molecule has 0 spiro atoms. The van der Waals surface area contributed by atoms with Gasteiger partial charge in [-0.05, 0) is 49.5 Å². The van der Waals surface area contributed by atoms with E-state index in [1.807, 2.05) is 6.92 Å². The molecule has 0 radical (unpaired) electrons. The van der Waals surface area contributed by atoms with E-state index in [0.717, 1.165) is 11.8 Å². The Morgan fingerprint density at radius 1 is 1.19 bits per heavy atom. The molecule has 2 aromatic rings. The highest BCUT2D eigenvalue weighted by Crippen LogP contribution is 2.25. The van der Waals surface area contributed by atoms with Gasteiger partial charge in [0.1, 0.15) is 6.07 Å². The fraction of sp³-hybridized carbons (Fsp3) is 0.0588. The molecule has 0 amide bonds. The lowest BCUT2D eigenvalue weighted by atomic mass is 10.2. The summed E-state index contributed by atoms with van der Waals surface area (Å²) < 4.78 is 25.0. The van der Waals surface area contributed by atoms with E-state index in [1.54, 1.807) is 36.4 Å². The lowest BCUT2D eigenvalue weighted by Crippen LogP contribution is -2.25. The molecule has 0 saturated carbocycles. The first-order chi connectivity index (χ1) is 12.2. The van der Waals surface area contributed by atoms with Crippen molar-refractivity contribution in [1.82, 2.24) is 5.32 Å². The molecule has 2 rings (SSSR count). The highest BCUT2D eigenvalue weighted by atomic mass is 35.5. The van der Waals surface area contributed by atoms with Crippen LogP contribution in [-0.4, -0.2) is 13.5 Å². The highest BCUT2D eigenvalue weighted by molar-refractivity contribution is 7.95. The van der Waals surface area contributed by atoms with Crippen LogP contribution in [0.2, 0.25) is 10.0 Å². The summed E-state index contributed by atoms with van der Waals surface area (Å²) in [4.78, 5) is -0.447. The number of hydrogen-bond acceptors (Lipinski definition) is 4. The van der Waals surface area contributed by atoms with E-state index in [9.17, 15) is 13.7 Å². The van der Waals surface area contributed by atoms with E-state index in [2.05, 4.69) is 10.6 Å². The fourth-order valence-corrected chi connectivity index (χ4v) is 3.49. The second-order valence-electron chi connectivity index (χ2n) is 5.16. The van der Waals surface area contributed by atoms with Crippen LogP contribution in [0.25, 0.3) is 0 Å². The Hall–Kier alpha value is -2.11. The third-order valence-electron chi connectivity index (χ3n) is 3.24. The summed E-state index contributed by atoms with van der Waals surface area (Å²) in [5, 5.41) is 15.5. The quantitative estimate of drug-likeness (QED) is 0.556. The van der Waals surface area contributed by atoms with Gasteiger partial charge in [0.15, 0.2) is 10.0 Å². The van der Waals surface area contributed by atoms with Gasteiger partial charge in [-0.15, -0.1) is 0 Å². The molecule has 0 fully saturated rings. The minimum Gasteiger partial charge on any atom is -0.337 e. The zero-order valence-corrected chi connectivity index (χ0v) is 16.6. The fourth-order valence-electron chi connectivity index (χ4n) is 1.90. The summed E-state index contributed by atoms with van der Waals surface area (Å²) >= 11 is 17.0. The maximum atomic E-state index is 12.5. The Morgan fingerprint density at radius 2 is 1.85 bits per heavy atom. The maximum Gasteiger partial charge on any atom is 0.218 e. The Kier molecular flexibility index (Phi) is 6.62. The summed E-state index contributed by atoms with van der Waals surface area (Å²) in [5.41, 5.74) is 1.36. The molecule has 0 aliphatic carbocycles. The molecule has 9 heteroatoms. The number of nitrogens with zero attached hydrogens (tertiary/aromatic N) is 1. The molecule has 26 heavy (non-hydrogen) atoms. The van der Waals surface area contributed by atoms with Crippen molar-refractivity contribution in [1.29, 1.82) is 5.26 Å².